The molecule has 1 fully saturated rings. The second kappa shape index (κ2) is 9.94. The Morgan fingerprint density at radius 3 is 2.91 bits per heavy atom. The van der Waals surface area contributed by atoms with Crippen molar-refractivity contribution in [1.29, 1.82) is 0 Å². The van der Waals surface area contributed by atoms with Gasteiger partial charge in [0.1, 0.15) is 0 Å². The standard InChI is InChI=1S/C25H25Br2N3O2S/c26-19-12-15(10-14-3-5-16(11-14)23(31)17-2-1-9-28-13-17)4-7-20(19)29-24(32)18-6-8-21-22(18)30-25(27)33-21/h1-2,4,7,9,12-14,16,18,23,31H,3,5-6,8,10-11H2,(H,29,32)/t14-,16-,18+,23-/m0/s1. The van der Waals surface area contributed by atoms with Crippen molar-refractivity contribution in [3.63, 3.8) is 0 Å². The Kier molecular flexibility index (Phi) is 6.97. The number of aliphatic hydroxyl groups is 1. The van der Waals surface area contributed by atoms with E-state index >= 15 is 0 Å². The number of carbonyl (C=O) groups is 1. The molecule has 0 spiro atoms. The van der Waals surface area contributed by atoms with Crippen LogP contribution in [-0.4, -0.2) is 21.0 Å². The van der Waals surface area contributed by atoms with Crippen LogP contribution >= 0.6 is 43.2 Å². The van der Waals surface area contributed by atoms with Crippen LogP contribution < -0.4 is 5.32 Å². The van der Waals surface area contributed by atoms with Gasteiger partial charge in [-0.25, -0.2) is 4.98 Å². The molecule has 2 N–H and O–H groups in total. The van der Waals surface area contributed by atoms with E-state index in [1.165, 1.54) is 10.4 Å². The maximum atomic E-state index is 12.9. The predicted octanol–water partition coefficient (Wildman–Crippen LogP) is 6.42. The van der Waals surface area contributed by atoms with Gasteiger partial charge in [0.15, 0.2) is 3.92 Å². The number of aliphatic hydroxyl groups excluding tert-OH is 1. The fraction of sp³-hybridized carbons (Fsp3) is 0.400. The molecule has 172 valence electrons. The molecule has 33 heavy (non-hydrogen) atoms. The molecule has 2 heterocycles. The molecular formula is C25H25Br2N3O2S. The summed E-state index contributed by atoms with van der Waals surface area (Å²) < 4.78 is 1.74. The number of thiazole rings is 1. The van der Waals surface area contributed by atoms with Gasteiger partial charge in [0.2, 0.25) is 5.91 Å². The van der Waals surface area contributed by atoms with Gasteiger partial charge >= 0.3 is 0 Å². The lowest BCUT2D eigenvalue weighted by atomic mass is 9.92. The Morgan fingerprint density at radius 1 is 1.24 bits per heavy atom. The summed E-state index contributed by atoms with van der Waals surface area (Å²) >= 11 is 8.71. The number of rotatable bonds is 6. The number of carbonyl (C=O) groups excluding carboxylic acids is 1. The van der Waals surface area contributed by atoms with Crippen molar-refractivity contribution in [2.75, 3.05) is 5.32 Å². The number of pyridine rings is 1. The highest BCUT2D eigenvalue weighted by Gasteiger charge is 2.33. The van der Waals surface area contributed by atoms with E-state index in [1.54, 1.807) is 23.7 Å². The summed E-state index contributed by atoms with van der Waals surface area (Å²) in [6.07, 6.45) is 8.93. The molecule has 2 aromatic heterocycles. The van der Waals surface area contributed by atoms with Crippen LogP contribution in [0.2, 0.25) is 0 Å². The van der Waals surface area contributed by atoms with Gasteiger partial charge in [-0.15, -0.1) is 11.3 Å². The molecule has 1 amide bonds. The van der Waals surface area contributed by atoms with Crippen LogP contribution in [0.1, 0.15) is 59.4 Å². The summed E-state index contributed by atoms with van der Waals surface area (Å²) in [5, 5.41) is 13.8. The molecule has 2 aliphatic carbocycles. The maximum Gasteiger partial charge on any atom is 0.233 e. The smallest absolute Gasteiger partial charge is 0.233 e. The Labute approximate surface area is 214 Å². The van der Waals surface area contributed by atoms with E-state index in [2.05, 4.69) is 59.3 Å². The van der Waals surface area contributed by atoms with Crippen molar-refractivity contribution in [2.24, 2.45) is 11.8 Å². The van der Waals surface area contributed by atoms with Gasteiger partial charge in [-0.3, -0.25) is 9.78 Å². The van der Waals surface area contributed by atoms with Gasteiger partial charge in [0.25, 0.3) is 0 Å². The average molecular weight is 591 g/mol. The monoisotopic (exact) mass is 589 g/mol. The largest absolute Gasteiger partial charge is 0.388 e. The van der Waals surface area contributed by atoms with Gasteiger partial charge in [-0.05, 0) is 112 Å². The zero-order valence-corrected chi connectivity index (χ0v) is 22.0. The minimum absolute atomic E-state index is 0.00280. The molecule has 8 heteroatoms. The van der Waals surface area contributed by atoms with Crippen molar-refractivity contribution in [3.8, 4) is 0 Å². The van der Waals surface area contributed by atoms with Gasteiger partial charge < -0.3 is 10.4 Å². The summed E-state index contributed by atoms with van der Waals surface area (Å²) in [4.78, 5) is 22.8. The molecular weight excluding hydrogens is 566 g/mol. The van der Waals surface area contributed by atoms with Crippen LogP contribution in [0.4, 0.5) is 5.69 Å². The fourth-order valence-electron chi connectivity index (χ4n) is 5.20. The molecule has 5 rings (SSSR count). The van der Waals surface area contributed by atoms with E-state index in [-0.39, 0.29) is 17.7 Å². The normalized spacial score (nSPS) is 22.8. The van der Waals surface area contributed by atoms with E-state index in [0.717, 1.165) is 63.9 Å². The third-order valence-electron chi connectivity index (χ3n) is 6.88. The number of hydrogen-bond donors (Lipinski definition) is 2. The van der Waals surface area contributed by atoms with Crippen LogP contribution in [0.5, 0.6) is 0 Å². The molecule has 0 aliphatic heterocycles. The van der Waals surface area contributed by atoms with Crippen LogP contribution in [0.3, 0.4) is 0 Å². The Morgan fingerprint density at radius 2 is 2.12 bits per heavy atom. The number of hydrogen-bond acceptors (Lipinski definition) is 5. The van der Waals surface area contributed by atoms with E-state index in [0.29, 0.717) is 5.92 Å². The predicted molar refractivity (Wildman–Crippen MR) is 137 cm³/mol. The number of benzene rings is 1. The number of halogens is 2. The summed E-state index contributed by atoms with van der Waals surface area (Å²) in [5.74, 6) is 0.649. The number of fused-ring (bicyclic) bond motifs is 1. The second-order valence-corrected chi connectivity index (χ2v) is 12.3. The number of aromatic nitrogens is 2. The zero-order chi connectivity index (χ0) is 22.9. The molecule has 0 unspecified atom stereocenters. The number of nitrogens with one attached hydrogen (secondary N) is 1. The van der Waals surface area contributed by atoms with Gasteiger partial charge in [-0.2, -0.15) is 0 Å². The molecule has 0 saturated heterocycles. The van der Waals surface area contributed by atoms with Gasteiger partial charge in [-0.1, -0.05) is 12.1 Å². The molecule has 5 nitrogen and oxygen atoms in total. The summed E-state index contributed by atoms with van der Waals surface area (Å²) in [5.41, 5.74) is 3.86. The van der Waals surface area contributed by atoms with Gasteiger partial charge in [0.05, 0.1) is 23.4 Å². The summed E-state index contributed by atoms with van der Waals surface area (Å²) in [7, 11) is 0. The van der Waals surface area contributed by atoms with Crippen molar-refractivity contribution < 1.29 is 9.90 Å². The third kappa shape index (κ3) is 5.09. The topological polar surface area (TPSA) is 75.1 Å². The van der Waals surface area contributed by atoms with Crippen LogP contribution in [0.25, 0.3) is 0 Å². The Balaban J connectivity index is 1.19. The lowest BCUT2D eigenvalue weighted by Crippen LogP contribution is -2.20. The van der Waals surface area contributed by atoms with Crippen LogP contribution in [0.15, 0.2) is 51.1 Å². The van der Waals surface area contributed by atoms with E-state index in [4.69, 9.17) is 0 Å². The molecule has 1 saturated carbocycles. The first-order chi connectivity index (χ1) is 16.0. The lowest BCUT2D eigenvalue weighted by Gasteiger charge is -2.18. The van der Waals surface area contributed by atoms with Crippen molar-refractivity contribution in [1.82, 2.24) is 9.97 Å². The highest BCUT2D eigenvalue weighted by atomic mass is 79.9. The third-order valence-corrected chi connectivity index (χ3v) is 9.12. The molecule has 2 aliphatic rings. The Hall–Kier alpha value is -1.61. The number of nitrogens with zero attached hydrogens (tertiary/aromatic N) is 2. The van der Waals surface area contributed by atoms with Gasteiger partial charge in [0, 0.05) is 21.7 Å². The maximum absolute atomic E-state index is 12.9. The zero-order valence-electron chi connectivity index (χ0n) is 18.0. The highest BCUT2D eigenvalue weighted by Crippen LogP contribution is 2.41. The average Bonchev–Trinajstić information content (AvgIpc) is 3.51. The molecule has 1 aromatic carbocycles. The number of anilines is 1. The van der Waals surface area contributed by atoms with Crippen molar-refractivity contribution in [2.45, 2.75) is 50.5 Å². The van der Waals surface area contributed by atoms with E-state index in [9.17, 15) is 9.90 Å². The first kappa shape index (κ1) is 23.1. The minimum atomic E-state index is -0.442. The minimum Gasteiger partial charge on any atom is -0.388 e. The first-order valence-corrected chi connectivity index (χ1v) is 13.7. The second-order valence-electron chi connectivity index (χ2n) is 9.04. The van der Waals surface area contributed by atoms with Crippen LogP contribution in [0, 0.1) is 11.8 Å². The Bertz CT molecular complexity index is 1150. The quantitative estimate of drug-likeness (QED) is 0.347. The first-order valence-electron chi connectivity index (χ1n) is 11.3. The summed E-state index contributed by atoms with van der Waals surface area (Å²) in [6.45, 7) is 0. The molecule has 0 bridgehead atoms. The van der Waals surface area contributed by atoms with E-state index < -0.39 is 6.10 Å². The SMILES string of the molecule is O=C(Nc1ccc(C[C@@H]2CC[C@H]([C@H](O)c3cccnc3)C2)cc1Br)[C@@H]1CCc2sc(Br)nc21. The highest BCUT2D eigenvalue weighted by molar-refractivity contribution is 9.11. The summed E-state index contributed by atoms with van der Waals surface area (Å²) in [6, 6.07) is 10.0. The number of aryl methyl sites for hydroxylation is 1. The molecule has 4 atom stereocenters. The van der Waals surface area contributed by atoms with Crippen molar-refractivity contribution >= 4 is 54.8 Å². The van der Waals surface area contributed by atoms with E-state index in [1.807, 2.05) is 18.2 Å². The molecule has 0 radical (unpaired) electrons. The van der Waals surface area contributed by atoms with Crippen molar-refractivity contribution in [3.05, 3.63) is 72.8 Å². The fourth-order valence-corrected chi connectivity index (χ4v) is 7.36. The number of amides is 1. The lowest BCUT2D eigenvalue weighted by molar-refractivity contribution is -0.117. The molecule has 3 aromatic rings. The van der Waals surface area contributed by atoms with Crippen LogP contribution in [-0.2, 0) is 17.6 Å².